The van der Waals surface area contributed by atoms with Crippen LogP contribution in [-0.4, -0.2) is 35.8 Å². The molecular weight excluding hydrogens is 276 g/mol. The van der Waals surface area contributed by atoms with Gasteiger partial charge in [0.25, 0.3) is 0 Å². The molecule has 1 heterocycles. The minimum absolute atomic E-state index is 0.0178. The fraction of sp³-hybridized carbons (Fsp3) is 0.556. The number of para-hydroxylation sites is 1. The number of hydrogen-bond acceptors (Lipinski definition) is 2. The number of aryl methyl sites for hydroxylation is 1. The predicted molar refractivity (Wildman–Crippen MR) is 88.8 cm³/mol. The summed E-state index contributed by atoms with van der Waals surface area (Å²) in [6, 6.07) is 7.63. The second kappa shape index (κ2) is 6.95. The van der Waals surface area contributed by atoms with E-state index in [0.29, 0.717) is 25.4 Å². The third-order valence-electron chi connectivity index (χ3n) is 4.22. The van der Waals surface area contributed by atoms with Crippen molar-refractivity contribution in [3.05, 3.63) is 29.8 Å². The van der Waals surface area contributed by atoms with Crippen LogP contribution in [0.2, 0.25) is 0 Å². The summed E-state index contributed by atoms with van der Waals surface area (Å²) in [6.07, 6.45) is 1.40. The van der Waals surface area contributed by atoms with Crippen LogP contribution in [-0.2, 0) is 16.0 Å². The number of benzene rings is 1. The number of nitrogens with zero attached hydrogens (tertiary/aromatic N) is 2. The lowest BCUT2D eigenvalue weighted by atomic mass is 10.0. The van der Waals surface area contributed by atoms with Crippen LogP contribution in [0.3, 0.4) is 0 Å². The maximum atomic E-state index is 12.7. The average Bonchev–Trinajstić information content (AvgIpc) is 2.49. The summed E-state index contributed by atoms with van der Waals surface area (Å²) in [5.74, 6) is 0.414. The van der Waals surface area contributed by atoms with E-state index in [1.54, 1.807) is 4.90 Å². The number of piperazine rings is 1. The summed E-state index contributed by atoms with van der Waals surface area (Å²) < 4.78 is 0. The van der Waals surface area contributed by atoms with Crippen LogP contribution in [0.5, 0.6) is 0 Å². The topological polar surface area (TPSA) is 40.6 Å². The van der Waals surface area contributed by atoms with E-state index in [9.17, 15) is 9.59 Å². The summed E-state index contributed by atoms with van der Waals surface area (Å²) in [5.41, 5.74) is 2.16. The Hall–Kier alpha value is -1.84. The Labute approximate surface area is 133 Å². The van der Waals surface area contributed by atoms with Gasteiger partial charge in [-0.05, 0) is 30.9 Å². The van der Waals surface area contributed by atoms with Crippen molar-refractivity contribution >= 4 is 17.5 Å². The number of amides is 2. The van der Waals surface area contributed by atoms with Crippen molar-refractivity contribution < 1.29 is 9.59 Å². The van der Waals surface area contributed by atoms with Gasteiger partial charge in [0.1, 0.15) is 6.04 Å². The summed E-state index contributed by atoms with van der Waals surface area (Å²) in [4.78, 5) is 28.6. The molecule has 0 bridgehead atoms. The SMILES string of the molecule is CCc1ccccc1N1CCN(C(=O)CC(C)C)[C@H](C)C1=O. The van der Waals surface area contributed by atoms with E-state index in [1.807, 2.05) is 43.9 Å². The molecule has 2 rings (SSSR count). The Morgan fingerprint density at radius 3 is 2.59 bits per heavy atom. The molecule has 1 saturated heterocycles. The molecule has 0 aliphatic carbocycles. The fourth-order valence-corrected chi connectivity index (χ4v) is 2.99. The van der Waals surface area contributed by atoms with Crippen LogP contribution >= 0.6 is 0 Å². The van der Waals surface area contributed by atoms with E-state index in [-0.39, 0.29) is 17.9 Å². The van der Waals surface area contributed by atoms with Gasteiger partial charge in [0.15, 0.2) is 0 Å². The molecule has 1 atom stereocenters. The summed E-state index contributed by atoms with van der Waals surface area (Å²) >= 11 is 0. The van der Waals surface area contributed by atoms with Gasteiger partial charge >= 0.3 is 0 Å². The molecule has 0 radical (unpaired) electrons. The van der Waals surface area contributed by atoms with Gasteiger partial charge in [0, 0.05) is 25.2 Å². The minimum atomic E-state index is -0.384. The normalized spacial score (nSPS) is 19.0. The first kappa shape index (κ1) is 16.5. The first-order chi connectivity index (χ1) is 10.5. The molecule has 1 aliphatic rings. The van der Waals surface area contributed by atoms with Crippen molar-refractivity contribution in [1.29, 1.82) is 0 Å². The monoisotopic (exact) mass is 302 g/mol. The quantitative estimate of drug-likeness (QED) is 0.858. The third kappa shape index (κ3) is 3.32. The van der Waals surface area contributed by atoms with Crippen LogP contribution in [0.4, 0.5) is 5.69 Å². The van der Waals surface area contributed by atoms with Gasteiger partial charge in [-0.3, -0.25) is 9.59 Å². The van der Waals surface area contributed by atoms with Crippen molar-refractivity contribution in [2.24, 2.45) is 5.92 Å². The third-order valence-corrected chi connectivity index (χ3v) is 4.22. The van der Waals surface area contributed by atoms with E-state index < -0.39 is 0 Å². The van der Waals surface area contributed by atoms with E-state index in [1.165, 1.54) is 5.56 Å². The van der Waals surface area contributed by atoms with Gasteiger partial charge in [-0.1, -0.05) is 39.0 Å². The lowest BCUT2D eigenvalue weighted by molar-refractivity contribution is -0.141. The highest BCUT2D eigenvalue weighted by molar-refractivity contribution is 6.00. The zero-order chi connectivity index (χ0) is 16.3. The highest BCUT2D eigenvalue weighted by Crippen LogP contribution is 2.25. The number of carbonyl (C=O) groups excluding carboxylic acids is 2. The smallest absolute Gasteiger partial charge is 0.249 e. The number of rotatable bonds is 4. The van der Waals surface area contributed by atoms with Gasteiger partial charge in [-0.2, -0.15) is 0 Å². The zero-order valence-corrected chi connectivity index (χ0v) is 14.0. The molecule has 0 unspecified atom stereocenters. The molecule has 1 aromatic carbocycles. The van der Waals surface area contributed by atoms with Gasteiger partial charge in [0.2, 0.25) is 11.8 Å². The van der Waals surface area contributed by atoms with E-state index in [4.69, 9.17) is 0 Å². The molecule has 2 amide bonds. The molecule has 0 N–H and O–H groups in total. The average molecular weight is 302 g/mol. The molecule has 4 heteroatoms. The van der Waals surface area contributed by atoms with Crippen molar-refractivity contribution in [3.8, 4) is 0 Å². The van der Waals surface area contributed by atoms with Crippen molar-refractivity contribution in [2.45, 2.75) is 46.6 Å². The van der Waals surface area contributed by atoms with Crippen LogP contribution in [0.1, 0.15) is 39.7 Å². The predicted octanol–water partition coefficient (Wildman–Crippen LogP) is 2.86. The van der Waals surface area contributed by atoms with Crippen molar-refractivity contribution in [3.63, 3.8) is 0 Å². The van der Waals surface area contributed by atoms with Crippen molar-refractivity contribution in [1.82, 2.24) is 4.90 Å². The molecule has 0 aromatic heterocycles. The lowest BCUT2D eigenvalue weighted by Gasteiger charge is -2.40. The molecule has 4 nitrogen and oxygen atoms in total. The molecule has 120 valence electrons. The number of carbonyl (C=O) groups is 2. The Morgan fingerprint density at radius 2 is 1.95 bits per heavy atom. The summed E-state index contributed by atoms with van der Waals surface area (Å²) in [7, 11) is 0. The molecule has 0 saturated carbocycles. The van der Waals surface area contributed by atoms with Gasteiger partial charge in [-0.25, -0.2) is 0 Å². The summed E-state index contributed by atoms with van der Waals surface area (Å²) in [6.45, 7) is 9.16. The van der Waals surface area contributed by atoms with Gasteiger partial charge < -0.3 is 9.80 Å². The summed E-state index contributed by atoms with van der Waals surface area (Å²) in [5, 5.41) is 0. The van der Waals surface area contributed by atoms with Crippen LogP contribution < -0.4 is 4.90 Å². The van der Waals surface area contributed by atoms with Crippen LogP contribution in [0.25, 0.3) is 0 Å². The van der Waals surface area contributed by atoms with E-state index >= 15 is 0 Å². The highest BCUT2D eigenvalue weighted by Gasteiger charge is 2.35. The first-order valence-electron chi connectivity index (χ1n) is 8.14. The molecular formula is C18H26N2O2. The van der Waals surface area contributed by atoms with Crippen LogP contribution in [0, 0.1) is 5.92 Å². The fourth-order valence-electron chi connectivity index (χ4n) is 2.99. The lowest BCUT2D eigenvalue weighted by Crippen LogP contribution is -2.58. The molecule has 1 aromatic rings. The molecule has 22 heavy (non-hydrogen) atoms. The Balaban J connectivity index is 2.17. The Bertz CT molecular complexity index is 554. The van der Waals surface area contributed by atoms with E-state index in [2.05, 4.69) is 13.0 Å². The Morgan fingerprint density at radius 1 is 1.27 bits per heavy atom. The number of anilines is 1. The highest BCUT2D eigenvalue weighted by atomic mass is 16.2. The second-order valence-corrected chi connectivity index (χ2v) is 6.33. The number of hydrogen-bond donors (Lipinski definition) is 0. The Kier molecular flexibility index (Phi) is 5.22. The largest absolute Gasteiger partial charge is 0.329 e. The zero-order valence-electron chi connectivity index (χ0n) is 14.0. The standard InChI is InChI=1S/C18H26N2O2/c1-5-15-8-6-7-9-16(15)20-11-10-19(14(4)18(20)22)17(21)12-13(2)3/h6-9,13-14H,5,10-12H2,1-4H3/t14-/m1/s1. The first-order valence-corrected chi connectivity index (χ1v) is 8.14. The molecule has 1 fully saturated rings. The van der Waals surface area contributed by atoms with Crippen LogP contribution in [0.15, 0.2) is 24.3 Å². The van der Waals surface area contributed by atoms with E-state index in [0.717, 1.165) is 12.1 Å². The minimum Gasteiger partial charge on any atom is -0.329 e. The van der Waals surface area contributed by atoms with Crippen molar-refractivity contribution in [2.75, 3.05) is 18.0 Å². The van der Waals surface area contributed by atoms with Gasteiger partial charge in [-0.15, -0.1) is 0 Å². The molecule has 1 aliphatic heterocycles. The maximum Gasteiger partial charge on any atom is 0.249 e. The molecule has 0 spiro atoms. The maximum absolute atomic E-state index is 12.7. The second-order valence-electron chi connectivity index (χ2n) is 6.33. The van der Waals surface area contributed by atoms with Gasteiger partial charge in [0.05, 0.1) is 0 Å².